The first-order valence-corrected chi connectivity index (χ1v) is 8.98. The summed E-state index contributed by atoms with van der Waals surface area (Å²) in [7, 11) is 0. The molecule has 4 rings (SSSR count). The summed E-state index contributed by atoms with van der Waals surface area (Å²) in [6.45, 7) is 2.15. The molecule has 1 heterocycles. The number of nitrogens with zero attached hydrogens (tertiary/aromatic N) is 1. The van der Waals surface area contributed by atoms with E-state index in [0.29, 0.717) is 0 Å². The van der Waals surface area contributed by atoms with E-state index in [2.05, 4.69) is 28.4 Å². The van der Waals surface area contributed by atoms with E-state index < -0.39 is 0 Å². The molecule has 0 amide bonds. The van der Waals surface area contributed by atoms with E-state index in [1.807, 2.05) is 0 Å². The average Bonchev–Trinajstić information content (AvgIpc) is 3.20. The number of fused-ring (bicyclic) bond motifs is 1. The molecule has 1 N–H and O–H groups in total. The number of piperidine rings is 1. The Bertz CT molecular complexity index is 512. The fourth-order valence-electron chi connectivity index (χ4n) is 4.30. The van der Waals surface area contributed by atoms with E-state index in [9.17, 15) is 0 Å². The fourth-order valence-corrected chi connectivity index (χ4v) is 4.60. The molecule has 0 spiro atoms. The van der Waals surface area contributed by atoms with Crippen molar-refractivity contribution in [1.29, 1.82) is 0 Å². The zero-order valence-corrected chi connectivity index (χ0v) is 13.4. The molecule has 1 aromatic rings. The van der Waals surface area contributed by atoms with Crippen LogP contribution in [0.1, 0.15) is 50.5 Å². The monoisotopic (exact) mass is 304 g/mol. The molecule has 2 saturated carbocycles. The normalized spacial score (nSPS) is 28.7. The van der Waals surface area contributed by atoms with Crippen LogP contribution in [0.25, 0.3) is 0 Å². The lowest BCUT2D eigenvalue weighted by Gasteiger charge is -2.41. The Balaban J connectivity index is 1.62. The topological polar surface area (TPSA) is 15.3 Å². The summed E-state index contributed by atoms with van der Waals surface area (Å²) in [5.74, 6) is 0.902. The van der Waals surface area contributed by atoms with Crippen molar-refractivity contribution < 1.29 is 0 Å². The first kappa shape index (κ1) is 13.9. The van der Waals surface area contributed by atoms with Crippen molar-refractivity contribution in [3.63, 3.8) is 0 Å². The fraction of sp³-hybridized carbons (Fsp3) is 0.667. The Morgan fingerprint density at radius 2 is 1.95 bits per heavy atom. The van der Waals surface area contributed by atoms with Crippen LogP contribution in [0.15, 0.2) is 18.2 Å². The van der Waals surface area contributed by atoms with Crippen LogP contribution in [0.2, 0.25) is 5.02 Å². The van der Waals surface area contributed by atoms with Crippen LogP contribution in [0.4, 0.5) is 5.69 Å². The molecule has 2 aliphatic carbocycles. The molecule has 114 valence electrons. The predicted octanol–water partition coefficient (Wildman–Crippen LogP) is 4.36. The van der Waals surface area contributed by atoms with E-state index in [0.717, 1.165) is 29.6 Å². The molecule has 21 heavy (non-hydrogen) atoms. The summed E-state index contributed by atoms with van der Waals surface area (Å²) < 4.78 is 0. The van der Waals surface area contributed by atoms with Gasteiger partial charge < -0.3 is 10.2 Å². The van der Waals surface area contributed by atoms with Crippen LogP contribution in [0, 0.1) is 5.92 Å². The van der Waals surface area contributed by atoms with E-state index in [1.165, 1.54) is 62.7 Å². The molecule has 3 heteroatoms. The molecule has 2 unspecified atom stereocenters. The Kier molecular flexibility index (Phi) is 3.85. The molecule has 0 aromatic heterocycles. The molecule has 2 atom stereocenters. The third kappa shape index (κ3) is 2.80. The number of rotatable bonds is 4. The maximum atomic E-state index is 6.61. The predicted molar refractivity (Wildman–Crippen MR) is 89.0 cm³/mol. The lowest BCUT2D eigenvalue weighted by Crippen LogP contribution is -2.43. The summed E-state index contributed by atoms with van der Waals surface area (Å²) in [6, 6.07) is 7.91. The van der Waals surface area contributed by atoms with Crippen LogP contribution < -0.4 is 10.2 Å². The third-order valence-corrected chi connectivity index (χ3v) is 5.81. The highest BCUT2D eigenvalue weighted by molar-refractivity contribution is 6.33. The second-order valence-electron chi connectivity index (χ2n) is 7.00. The highest BCUT2D eigenvalue weighted by atomic mass is 35.5. The number of nitrogens with one attached hydrogen (secondary N) is 1. The largest absolute Gasteiger partial charge is 0.367 e. The molecule has 2 nitrogen and oxygen atoms in total. The molecule has 1 aromatic carbocycles. The third-order valence-electron chi connectivity index (χ3n) is 5.51. The second-order valence-corrected chi connectivity index (χ2v) is 7.40. The van der Waals surface area contributed by atoms with Gasteiger partial charge in [0, 0.05) is 25.2 Å². The van der Waals surface area contributed by atoms with Crippen molar-refractivity contribution in [2.45, 2.75) is 63.6 Å². The van der Waals surface area contributed by atoms with Gasteiger partial charge in [-0.25, -0.2) is 0 Å². The molecule has 1 saturated heterocycles. The average molecular weight is 305 g/mol. The highest BCUT2D eigenvalue weighted by Gasteiger charge is 2.36. The first-order chi connectivity index (χ1) is 10.3. The number of para-hydroxylation sites is 1. The van der Waals surface area contributed by atoms with Crippen molar-refractivity contribution in [2.24, 2.45) is 5.92 Å². The van der Waals surface area contributed by atoms with Gasteiger partial charge in [-0.2, -0.15) is 0 Å². The van der Waals surface area contributed by atoms with Gasteiger partial charge in [-0.05, 0) is 56.1 Å². The van der Waals surface area contributed by atoms with E-state index in [-0.39, 0.29) is 0 Å². The van der Waals surface area contributed by atoms with Gasteiger partial charge in [-0.15, -0.1) is 0 Å². The van der Waals surface area contributed by atoms with Gasteiger partial charge in [0.1, 0.15) is 0 Å². The number of anilines is 1. The standard InChI is InChI=1S/C18H25ClN2/c19-16-7-1-5-14(12-20-15-9-10-15)18(16)21-11-3-6-13-4-2-8-17(13)21/h1,5,7,13,15,17,20H,2-4,6,8-12H2. The molecule has 1 aliphatic heterocycles. The number of benzene rings is 1. The Hall–Kier alpha value is -0.730. The molecule has 0 radical (unpaired) electrons. The van der Waals surface area contributed by atoms with Gasteiger partial charge in [-0.1, -0.05) is 30.2 Å². The zero-order valence-electron chi connectivity index (χ0n) is 12.7. The van der Waals surface area contributed by atoms with E-state index in [4.69, 9.17) is 11.6 Å². The van der Waals surface area contributed by atoms with Crippen LogP contribution in [-0.4, -0.2) is 18.6 Å². The van der Waals surface area contributed by atoms with Crippen molar-refractivity contribution >= 4 is 17.3 Å². The molecule has 3 fully saturated rings. The van der Waals surface area contributed by atoms with E-state index >= 15 is 0 Å². The van der Waals surface area contributed by atoms with Crippen molar-refractivity contribution in [3.8, 4) is 0 Å². The lowest BCUT2D eigenvalue weighted by molar-refractivity contribution is 0.362. The first-order valence-electron chi connectivity index (χ1n) is 8.60. The summed E-state index contributed by atoms with van der Waals surface area (Å²) in [6.07, 6.45) is 9.58. The van der Waals surface area contributed by atoms with Gasteiger partial charge in [0.15, 0.2) is 0 Å². The Labute approximate surface area is 132 Å². The van der Waals surface area contributed by atoms with Gasteiger partial charge in [0.2, 0.25) is 0 Å². The van der Waals surface area contributed by atoms with Gasteiger partial charge in [0.25, 0.3) is 0 Å². The summed E-state index contributed by atoms with van der Waals surface area (Å²) in [4.78, 5) is 2.65. The Morgan fingerprint density at radius 3 is 2.81 bits per heavy atom. The van der Waals surface area contributed by atoms with Crippen molar-refractivity contribution in [1.82, 2.24) is 5.32 Å². The van der Waals surface area contributed by atoms with Gasteiger partial charge in [-0.3, -0.25) is 0 Å². The summed E-state index contributed by atoms with van der Waals surface area (Å²) in [5.41, 5.74) is 2.71. The summed E-state index contributed by atoms with van der Waals surface area (Å²) in [5, 5.41) is 4.60. The van der Waals surface area contributed by atoms with Crippen molar-refractivity contribution in [2.75, 3.05) is 11.4 Å². The minimum absolute atomic E-state index is 0.735. The van der Waals surface area contributed by atoms with E-state index in [1.54, 1.807) is 0 Å². The lowest BCUT2D eigenvalue weighted by atomic mass is 9.91. The highest BCUT2D eigenvalue weighted by Crippen LogP contribution is 2.42. The van der Waals surface area contributed by atoms with Crippen LogP contribution in [-0.2, 0) is 6.54 Å². The smallest absolute Gasteiger partial charge is 0.0643 e. The molecule has 0 bridgehead atoms. The van der Waals surface area contributed by atoms with Crippen molar-refractivity contribution in [3.05, 3.63) is 28.8 Å². The molecule has 3 aliphatic rings. The number of hydrogen-bond acceptors (Lipinski definition) is 2. The maximum absolute atomic E-state index is 6.61. The molecular formula is C18H25ClN2. The second kappa shape index (κ2) is 5.81. The van der Waals surface area contributed by atoms with Gasteiger partial charge >= 0.3 is 0 Å². The van der Waals surface area contributed by atoms with Crippen LogP contribution >= 0.6 is 11.6 Å². The minimum atomic E-state index is 0.735. The van der Waals surface area contributed by atoms with Crippen LogP contribution in [0.3, 0.4) is 0 Å². The zero-order chi connectivity index (χ0) is 14.2. The SMILES string of the molecule is Clc1cccc(CNC2CC2)c1N1CCCC2CCCC21. The minimum Gasteiger partial charge on any atom is -0.367 e. The summed E-state index contributed by atoms with van der Waals surface area (Å²) >= 11 is 6.61. The van der Waals surface area contributed by atoms with Crippen LogP contribution in [0.5, 0.6) is 0 Å². The quantitative estimate of drug-likeness (QED) is 0.889. The maximum Gasteiger partial charge on any atom is 0.0643 e. The Morgan fingerprint density at radius 1 is 1.10 bits per heavy atom. The van der Waals surface area contributed by atoms with Gasteiger partial charge in [0.05, 0.1) is 10.7 Å². The molecular weight excluding hydrogens is 280 g/mol. The number of hydrogen-bond donors (Lipinski definition) is 1. The number of halogens is 1.